The van der Waals surface area contributed by atoms with Gasteiger partial charge in [-0.25, -0.2) is 0 Å². The molecular weight excluding hydrogens is 376 g/mol. The molecule has 0 unspecified atom stereocenters. The van der Waals surface area contributed by atoms with Gasteiger partial charge in [-0.3, -0.25) is 19.2 Å². The van der Waals surface area contributed by atoms with E-state index >= 15 is 0 Å². The number of hydrogen-bond donors (Lipinski definition) is 4. The number of fused-ring (bicyclic) bond motifs is 1. The Labute approximate surface area is 169 Å². The van der Waals surface area contributed by atoms with Crippen molar-refractivity contribution in [2.24, 2.45) is 5.92 Å². The molecule has 2 rings (SSSR count). The molecule has 158 valence electrons. The molecule has 0 aromatic heterocycles. The molecule has 1 aliphatic rings. The van der Waals surface area contributed by atoms with E-state index in [1.807, 2.05) is 13.8 Å². The summed E-state index contributed by atoms with van der Waals surface area (Å²) in [5.74, 6) is -1.33. The minimum absolute atomic E-state index is 0.148. The summed E-state index contributed by atoms with van der Waals surface area (Å²) in [6, 6.07) is 4.72. The van der Waals surface area contributed by atoms with Crippen LogP contribution in [0.15, 0.2) is 24.3 Å². The van der Waals surface area contributed by atoms with E-state index in [9.17, 15) is 19.2 Å². The molecule has 0 saturated carbocycles. The summed E-state index contributed by atoms with van der Waals surface area (Å²) in [5.41, 5.74) is 0.242. The summed E-state index contributed by atoms with van der Waals surface area (Å²) >= 11 is 0. The van der Waals surface area contributed by atoms with Crippen LogP contribution in [0.5, 0.6) is 5.75 Å². The second-order valence-corrected chi connectivity index (χ2v) is 7.29. The molecule has 4 N–H and O–H groups in total. The molecule has 1 aliphatic heterocycles. The lowest BCUT2D eigenvalue weighted by Gasteiger charge is -2.22. The highest BCUT2D eigenvalue weighted by Crippen LogP contribution is 2.18. The molecule has 9 heteroatoms. The molecule has 29 heavy (non-hydrogen) atoms. The molecule has 1 aromatic carbocycles. The van der Waals surface area contributed by atoms with Crippen LogP contribution in [0.25, 0.3) is 0 Å². The Morgan fingerprint density at radius 2 is 1.93 bits per heavy atom. The van der Waals surface area contributed by atoms with Crippen LogP contribution in [0.1, 0.15) is 37.6 Å². The lowest BCUT2D eigenvalue weighted by molar-refractivity contribution is -0.130. The van der Waals surface area contributed by atoms with Crippen molar-refractivity contribution < 1.29 is 23.9 Å². The number of carbonyl (C=O) groups is 4. The van der Waals surface area contributed by atoms with Crippen molar-refractivity contribution in [2.45, 2.75) is 39.3 Å². The van der Waals surface area contributed by atoms with Gasteiger partial charge in [0.1, 0.15) is 24.4 Å². The van der Waals surface area contributed by atoms with Crippen molar-refractivity contribution in [3.05, 3.63) is 29.8 Å². The largest absolute Gasteiger partial charge is 0.491 e. The van der Waals surface area contributed by atoms with Crippen molar-refractivity contribution in [1.82, 2.24) is 21.3 Å². The first-order chi connectivity index (χ1) is 13.8. The van der Waals surface area contributed by atoms with Gasteiger partial charge in [-0.15, -0.1) is 0 Å². The molecule has 0 fully saturated rings. The molecule has 0 aliphatic carbocycles. The Balaban J connectivity index is 2.27. The van der Waals surface area contributed by atoms with Crippen LogP contribution in [0, 0.1) is 5.92 Å². The monoisotopic (exact) mass is 404 g/mol. The quantitative estimate of drug-likeness (QED) is 0.563. The first-order valence-corrected chi connectivity index (χ1v) is 9.65. The van der Waals surface area contributed by atoms with Gasteiger partial charge in [-0.1, -0.05) is 26.0 Å². The second kappa shape index (κ2) is 10.4. The molecule has 0 radical (unpaired) electrons. The minimum atomic E-state index is -1.09. The average Bonchev–Trinajstić information content (AvgIpc) is 2.68. The lowest BCUT2D eigenvalue weighted by atomic mass is 10.1. The number of para-hydroxylation sites is 1. The Bertz CT molecular complexity index is 765. The molecule has 0 saturated heterocycles. The Morgan fingerprint density at radius 1 is 1.21 bits per heavy atom. The number of hydrogen-bond acceptors (Lipinski definition) is 5. The Kier molecular flexibility index (Phi) is 7.99. The van der Waals surface area contributed by atoms with Gasteiger partial charge in [-0.2, -0.15) is 0 Å². The van der Waals surface area contributed by atoms with E-state index in [4.69, 9.17) is 4.74 Å². The van der Waals surface area contributed by atoms with Crippen molar-refractivity contribution in [2.75, 3.05) is 19.7 Å². The van der Waals surface area contributed by atoms with E-state index in [0.29, 0.717) is 12.3 Å². The molecule has 9 nitrogen and oxygen atoms in total. The van der Waals surface area contributed by atoms with Crippen LogP contribution in [0.3, 0.4) is 0 Å². The molecule has 0 bridgehead atoms. The van der Waals surface area contributed by atoms with Gasteiger partial charge in [0.2, 0.25) is 17.7 Å². The second-order valence-electron chi connectivity index (χ2n) is 7.29. The van der Waals surface area contributed by atoms with Gasteiger partial charge in [-0.05, 0) is 25.0 Å². The first kappa shape index (κ1) is 22.2. The molecule has 4 amide bonds. The average molecular weight is 404 g/mol. The third-order valence-electron chi connectivity index (χ3n) is 4.26. The number of benzene rings is 1. The van der Waals surface area contributed by atoms with Crippen LogP contribution >= 0.6 is 0 Å². The fourth-order valence-corrected chi connectivity index (χ4v) is 2.69. The first-order valence-electron chi connectivity index (χ1n) is 9.65. The normalized spacial score (nSPS) is 21.0. The number of carbonyl (C=O) groups excluding carboxylic acids is 4. The van der Waals surface area contributed by atoms with Crippen LogP contribution in [0.4, 0.5) is 0 Å². The van der Waals surface area contributed by atoms with E-state index < -0.39 is 29.8 Å². The van der Waals surface area contributed by atoms with Crippen molar-refractivity contribution in [1.29, 1.82) is 0 Å². The smallest absolute Gasteiger partial charge is 0.255 e. The van der Waals surface area contributed by atoms with Gasteiger partial charge in [0, 0.05) is 6.54 Å². The maximum absolute atomic E-state index is 12.8. The summed E-state index contributed by atoms with van der Waals surface area (Å²) in [6.07, 6.45) is -0.295. The summed E-state index contributed by atoms with van der Waals surface area (Å²) in [5, 5.41) is 10.5. The number of nitrogens with one attached hydrogen (secondary N) is 4. The maximum Gasteiger partial charge on any atom is 0.255 e. The standard InChI is InChI=1S/C20H28N4O5/c1-12(2)11-22-20(28)15-10-17(25)23-13(3)18(26)21-8-9-29-16-7-5-4-6-14(16)19(27)24-15/h4-7,12-13,15H,8-11H2,1-3H3,(H,21,26)(H,22,28)(H,23,25)(H,24,27)/t13-,15-/m0/s1. The van der Waals surface area contributed by atoms with Crippen LogP contribution in [0.2, 0.25) is 0 Å². The van der Waals surface area contributed by atoms with Crippen LogP contribution in [-0.4, -0.2) is 55.4 Å². The zero-order chi connectivity index (χ0) is 21.4. The van der Waals surface area contributed by atoms with E-state index in [-0.39, 0.29) is 37.0 Å². The molecular formula is C20H28N4O5. The van der Waals surface area contributed by atoms with Gasteiger partial charge < -0.3 is 26.0 Å². The Hall–Kier alpha value is -3.10. The SMILES string of the molecule is CC(C)CNC(=O)[C@@H]1CC(=O)N[C@@H](C)C(=O)NCCOc2ccccc2C(=O)N1. The van der Waals surface area contributed by atoms with Gasteiger partial charge in [0.25, 0.3) is 5.91 Å². The molecule has 2 atom stereocenters. The van der Waals surface area contributed by atoms with Gasteiger partial charge >= 0.3 is 0 Å². The zero-order valence-corrected chi connectivity index (χ0v) is 16.9. The van der Waals surface area contributed by atoms with Crippen molar-refractivity contribution >= 4 is 23.6 Å². The van der Waals surface area contributed by atoms with Crippen molar-refractivity contribution in [3.63, 3.8) is 0 Å². The van der Waals surface area contributed by atoms with E-state index in [1.54, 1.807) is 31.2 Å². The highest BCUT2D eigenvalue weighted by Gasteiger charge is 2.27. The molecule has 0 spiro atoms. The number of ether oxygens (including phenoxy) is 1. The minimum Gasteiger partial charge on any atom is -0.491 e. The number of amides is 4. The van der Waals surface area contributed by atoms with Crippen LogP contribution < -0.4 is 26.0 Å². The Morgan fingerprint density at radius 3 is 2.66 bits per heavy atom. The van der Waals surface area contributed by atoms with Crippen LogP contribution in [-0.2, 0) is 14.4 Å². The highest BCUT2D eigenvalue weighted by molar-refractivity contribution is 6.01. The third kappa shape index (κ3) is 6.78. The topological polar surface area (TPSA) is 126 Å². The maximum atomic E-state index is 12.8. The molecule has 1 heterocycles. The van der Waals surface area contributed by atoms with E-state index in [2.05, 4.69) is 21.3 Å². The fraction of sp³-hybridized carbons (Fsp3) is 0.500. The third-order valence-corrected chi connectivity index (χ3v) is 4.26. The van der Waals surface area contributed by atoms with E-state index in [0.717, 1.165) is 0 Å². The lowest BCUT2D eigenvalue weighted by Crippen LogP contribution is -2.52. The van der Waals surface area contributed by atoms with Gasteiger partial charge in [0.05, 0.1) is 18.5 Å². The summed E-state index contributed by atoms with van der Waals surface area (Å²) in [7, 11) is 0. The summed E-state index contributed by atoms with van der Waals surface area (Å²) in [4.78, 5) is 49.8. The predicted molar refractivity (Wildman–Crippen MR) is 106 cm³/mol. The zero-order valence-electron chi connectivity index (χ0n) is 16.9. The summed E-state index contributed by atoms with van der Waals surface area (Å²) in [6.45, 7) is 6.19. The molecule has 1 aromatic rings. The van der Waals surface area contributed by atoms with Gasteiger partial charge in [0.15, 0.2) is 0 Å². The predicted octanol–water partition coefficient (Wildman–Crippen LogP) is -0.0394. The summed E-state index contributed by atoms with van der Waals surface area (Å²) < 4.78 is 5.62. The fourth-order valence-electron chi connectivity index (χ4n) is 2.69. The number of rotatable bonds is 3. The van der Waals surface area contributed by atoms with E-state index in [1.165, 1.54) is 0 Å². The highest BCUT2D eigenvalue weighted by atomic mass is 16.5. The van der Waals surface area contributed by atoms with Crippen molar-refractivity contribution in [3.8, 4) is 5.75 Å².